The van der Waals surface area contributed by atoms with Crippen molar-refractivity contribution >= 4 is 0 Å². The quantitative estimate of drug-likeness (QED) is 0.871. The summed E-state index contributed by atoms with van der Waals surface area (Å²) >= 11 is 0. The molecule has 0 saturated heterocycles. The van der Waals surface area contributed by atoms with Gasteiger partial charge in [-0.2, -0.15) is 0 Å². The third-order valence-corrected chi connectivity index (χ3v) is 2.96. The van der Waals surface area contributed by atoms with E-state index in [0.29, 0.717) is 12.4 Å². The normalized spacial score (nSPS) is 12.6. The number of halogens is 1. The number of phenolic OH excluding ortho intramolecular Hbond substituents is 1. The first-order valence-corrected chi connectivity index (χ1v) is 6.25. The fraction of sp³-hybridized carbons (Fsp3) is 0.357. The SMILES string of the molecule is CCc1nc(CNC(C)c2ccc(F)c(O)c2)co1. The zero-order valence-corrected chi connectivity index (χ0v) is 11.0. The number of nitrogens with zero attached hydrogens (tertiary/aromatic N) is 1. The van der Waals surface area contributed by atoms with E-state index in [1.54, 1.807) is 12.3 Å². The smallest absolute Gasteiger partial charge is 0.193 e. The van der Waals surface area contributed by atoms with Gasteiger partial charge in [-0.3, -0.25) is 0 Å². The van der Waals surface area contributed by atoms with Gasteiger partial charge >= 0.3 is 0 Å². The largest absolute Gasteiger partial charge is 0.505 e. The maximum atomic E-state index is 13.0. The van der Waals surface area contributed by atoms with Crippen LogP contribution >= 0.6 is 0 Å². The summed E-state index contributed by atoms with van der Waals surface area (Å²) in [5.74, 6) is -0.232. The van der Waals surface area contributed by atoms with E-state index in [0.717, 1.165) is 17.7 Å². The van der Waals surface area contributed by atoms with Gasteiger partial charge in [0.2, 0.25) is 0 Å². The lowest BCUT2D eigenvalue weighted by Crippen LogP contribution is -2.18. The molecule has 1 unspecified atom stereocenters. The second-order valence-electron chi connectivity index (χ2n) is 4.40. The van der Waals surface area contributed by atoms with Gasteiger partial charge in [0.15, 0.2) is 17.5 Å². The summed E-state index contributed by atoms with van der Waals surface area (Å²) in [7, 11) is 0. The third-order valence-electron chi connectivity index (χ3n) is 2.96. The minimum atomic E-state index is -0.611. The van der Waals surface area contributed by atoms with Crippen LogP contribution in [0.1, 0.15) is 37.0 Å². The lowest BCUT2D eigenvalue weighted by Gasteiger charge is -2.13. The summed E-state index contributed by atoms with van der Waals surface area (Å²) in [6.45, 7) is 4.48. The molecule has 0 spiro atoms. The van der Waals surface area contributed by atoms with Crippen LogP contribution in [0, 0.1) is 5.82 Å². The molecule has 1 aromatic carbocycles. The van der Waals surface area contributed by atoms with E-state index >= 15 is 0 Å². The van der Waals surface area contributed by atoms with Crippen LogP contribution in [0.2, 0.25) is 0 Å². The fourth-order valence-corrected chi connectivity index (χ4v) is 1.77. The van der Waals surface area contributed by atoms with Crippen molar-refractivity contribution in [3.8, 4) is 5.75 Å². The molecule has 2 rings (SSSR count). The zero-order valence-electron chi connectivity index (χ0n) is 11.0. The molecule has 1 heterocycles. The van der Waals surface area contributed by atoms with Gasteiger partial charge in [0, 0.05) is 19.0 Å². The molecular formula is C14H17FN2O2. The van der Waals surface area contributed by atoms with E-state index in [9.17, 15) is 9.50 Å². The molecule has 4 nitrogen and oxygen atoms in total. The number of hydrogen-bond acceptors (Lipinski definition) is 4. The molecule has 5 heteroatoms. The molecule has 0 fully saturated rings. The van der Waals surface area contributed by atoms with Crippen LogP contribution in [-0.2, 0) is 13.0 Å². The first kappa shape index (κ1) is 13.5. The number of phenols is 1. The molecule has 2 aromatic rings. The van der Waals surface area contributed by atoms with Gasteiger partial charge in [0.05, 0.1) is 5.69 Å². The van der Waals surface area contributed by atoms with Crippen LogP contribution in [0.5, 0.6) is 5.75 Å². The first-order valence-electron chi connectivity index (χ1n) is 6.25. The molecule has 2 N–H and O–H groups in total. The van der Waals surface area contributed by atoms with E-state index in [4.69, 9.17) is 4.42 Å². The molecule has 0 radical (unpaired) electrons. The number of oxazole rings is 1. The topological polar surface area (TPSA) is 58.3 Å². The molecule has 1 aromatic heterocycles. The summed E-state index contributed by atoms with van der Waals surface area (Å²) in [5, 5.41) is 12.6. The summed E-state index contributed by atoms with van der Waals surface area (Å²) in [6, 6.07) is 4.31. The van der Waals surface area contributed by atoms with Crippen molar-refractivity contribution in [2.24, 2.45) is 0 Å². The summed E-state index contributed by atoms with van der Waals surface area (Å²) in [5.41, 5.74) is 1.65. The Morgan fingerprint density at radius 1 is 1.47 bits per heavy atom. The van der Waals surface area contributed by atoms with Crippen molar-refractivity contribution in [3.05, 3.63) is 47.4 Å². The summed E-state index contributed by atoms with van der Waals surface area (Å²) < 4.78 is 18.2. The Labute approximate surface area is 111 Å². The molecule has 0 aliphatic heterocycles. The van der Waals surface area contributed by atoms with E-state index < -0.39 is 5.82 Å². The van der Waals surface area contributed by atoms with Crippen molar-refractivity contribution in [3.63, 3.8) is 0 Å². The number of rotatable bonds is 5. The van der Waals surface area contributed by atoms with Crippen molar-refractivity contribution in [2.75, 3.05) is 0 Å². The van der Waals surface area contributed by atoms with Crippen LogP contribution in [-0.4, -0.2) is 10.1 Å². The van der Waals surface area contributed by atoms with E-state index in [1.165, 1.54) is 12.1 Å². The number of nitrogens with one attached hydrogen (secondary N) is 1. The van der Waals surface area contributed by atoms with Crippen LogP contribution < -0.4 is 5.32 Å². The molecule has 0 aliphatic rings. The van der Waals surface area contributed by atoms with Crippen molar-refractivity contribution < 1.29 is 13.9 Å². The second-order valence-corrected chi connectivity index (χ2v) is 4.40. The van der Waals surface area contributed by atoms with Gasteiger partial charge in [-0.1, -0.05) is 13.0 Å². The Morgan fingerprint density at radius 3 is 2.89 bits per heavy atom. The average Bonchev–Trinajstić information content (AvgIpc) is 2.87. The van der Waals surface area contributed by atoms with Crippen molar-refractivity contribution in [1.82, 2.24) is 10.3 Å². The van der Waals surface area contributed by atoms with Gasteiger partial charge in [0.1, 0.15) is 6.26 Å². The van der Waals surface area contributed by atoms with Crippen LogP contribution in [0.15, 0.2) is 28.9 Å². The molecule has 0 bridgehead atoms. The number of aromatic nitrogens is 1. The maximum absolute atomic E-state index is 13.0. The van der Waals surface area contributed by atoms with Gasteiger partial charge in [-0.15, -0.1) is 0 Å². The predicted octanol–water partition coefficient (Wildman–Crippen LogP) is 2.93. The van der Waals surface area contributed by atoms with Gasteiger partial charge in [-0.25, -0.2) is 9.37 Å². The maximum Gasteiger partial charge on any atom is 0.193 e. The Hall–Kier alpha value is -1.88. The Kier molecular flexibility index (Phi) is 4.16. The highest BCUT2D eigenvalue weighted by Crippen LogP contribution is 2.21. The van der Waals surface area contributed by atoms with E-state index in [1.807, 2.05) is 13.8 Å². The first-order chi connectivity index (χ1) is 9.10. The lowest BCUT2D eigenvalue weighted by atomic mass is 10.1. The minimum Gasteiger partial charge on any atom is -0.505 e. The Bertz CT molecular complexity index is 554. The standard InChI is InChI=1S/C14H17FN2O2/c1-3-14-17-11(8-19-14)7-16-9(2)10-4-5-12(15)13(18)6-10/h4-6,8-9,16,18H,3,7H2,1-2H3. The Morgan fingerprint density at radius 2 is 2.26 bits per heavy atom. The Balaban J connectivity index is 1.96. The molecule has 0 saturated carbocycles. The number of aromatic hydroxyl groups is 1. The fourth-order valence-electron chi connectivity index (χ4n) is 1.77. The molecule has 0 amide bonds. The van der Waals surface area contributed by atoms with E-state index in [2.05, 4.69) is 10.3 Å². The second kappa shape index (κ2) is 5.84. The number of aryl methyl sites for hydroxylation is 1. The molecular weight excluding hydrogens is 247 g/mol. The van der Waals surface area contributed by atoms with Gasteiger partial charge < -0.3 is 14.8 Å². The molecule has 1 atom stereocenters. The van der Waals surface area contributed by atoms with Crippen LogP contribution in [0.25, 0.3) is 0 Å². The molecule has 0 aliphatic carbocycles. The van der Waals surface area contributed by atoms with Gasteiger partial charge in [0.25, 0.3) is 0 Å². The highest BCUT2D eigenvalue weighted by Gasteiger charge is 2.09. The minimum absolute atomic E-state index is 0.0201. The predicted molar refractivity (Wildman–Crippen MR) is 69.2 cm³/mol. The van der Waals surface area contributed by atoms with Crippen molar-refractivity contribution in [1.29, 1.82) is 0 Å². The molecule has 102 valence electrons. The monoisotopic (exact) mass is 264 g/mol. The number of hydrogen-bond donors (Lipinski definition) is 2. The highest BCUT2D eigenvalue weighted by molar-refractivity contribution is 5.30. The zero-order chi connectivity index (χ0) is 13.8. The summed E-state index contributed by atoms with van der Waals surface area (Å²) in [4.78, 5) is 4.29. The van der Waals surface area contributed by atoms with Crippen molar-refractivity contribution in [2.45, 2.75) is 32.9 Å². The van der Waals surface area contributed by atoms with E-state index in [-0.39, 0.29) is 11.8 Å². The van der Waals surface area contributed by atoms with Crippen LogP contribution in [0.4, 0.5) is 4.39 Å². The lowest BCUT2D eigenvalue weighted by molar-refractivity contribution is 0.429. The third kappa shape index (κ3) is 3.32. The average molecular weight is 264 g/mol. The molecule has 19 heavy (non-hydrogen) atoms. The van der Waals surface area contributed by atoms with Crippen LogP contribution in [0.3, 0.4) is 0 Å². The van der Waals surface area contributed by atoms with Gasteiger partial charge in [-0.05, 0) is 24.6 Å². The number of benzene rings is 1. The summed E-state index contributed by atoms with van der Waals surface area (Å²) in [6.07, 6.45) is 2.39. The highest BCUT2D eigenvalue weighted by atomic mass is 19.1.